The Balaban J connectivity index is 1.55. The van der Waals surface area contributed by atoms with Crippen LogP contribution < -0.4 is 19.9 Å². The van der Waals surface area contributed by atoms with Gasteiger partial charge in [0.15, 0.2) is 11.5 Å². The fraction of sp³-hybridized carbons (Fsp3) is 0.269. The molecule has 3 aromatic carbocycles. The molecule has 0 spiro atoms. The second-order valence-electron chi connectivity index (χ2n) is 8.04. The van der Waals surface area contributed by atoms with E-state index in [4.69, 9.17) is 19.9 Å². The molecule has 0 fully saturated rings. The lowest BCUT2D eigenvalue weighted by Crippen LogP contribution is -2.31. The van der Waals surface area contributed by atoms with Crippen LogP contribution in [0.15, 0.2) is 71.6 Å². The summed E-state index contributed by atoms with van der Waals surface area (Å²) >= 11 is 0. The van der Waals surface area contributed by atoms with Gasteiger partial charge in [-0.15, -0.1) is 0 Å². The number of halogens is 1. The van der Waals surface area contributed by atoms with Crippen LogP contribution in [-0.2, 0) is 32.6 Å². The monoisotopic (exact) mass is 516 g/mol. The maximum Gasteiger partial charge on any atom is 0.261 e. The first-order valence-electron chi connectivity index (χ1n) is 11.2. The molecule has 0 aliphatic carbocycles. The van der Waals surface area contributed by atoms with Crippen molar-refractivity contribution in [2.24, 2.45) is 5.73 Å². The summed E-state index contributed by atoms with van der Waals surface area (Å²) in [5.41, 5.74) is 7.44. The lowest BCUT2D eigenvalue weighted by molar-refractivity contribution is -0.130. The van der Waals surface area contributed by atoms with Gasteiger partial charge < -0.3 is 19.9 Å². The molecule has 3 rings (SSSR count). The van der Waals surface area contributed by atoms with Gasteiger partial charge in [0.25, 0.3) is 10.0 Å². The average molecular weight is 517 g/mol. The van der Waals surface area contributed by atoms with Gasteiger partial charge in [0.05, 0.1) is 31.4 Å². The Morgan fingerprint density at radius 3 is 2.19 bits per heavy atom. The Morgan fingerprint density at radius 2 is 1.58 bits per heavy atom. The summed E-state index contributed by atoms with van der Waals surface area (Å²) in [5, 5.41) is 0. The minimum absolute atomic E-state index is 0.110. The number of aryl methyl sites for hydroxylation is 1. The van der Waals surface area contributed by atoms with E-state index >= 15 is 0 Å². The summed E-state index contributed by atoms with van der Waals surface area (Å²) in [6.07, 6.45) is 0.831. The highest BCUT2D eigenvalue weighted by atomic mass is 32.2. The largest absolute Gasteiger partial charge is 0.493 e. The van der Waals surface area contributed by atoms with Crippen molar-refractivity contribution >= 4 is 21.6 Å². The Kier molecular flexibility index (Phi) is 9.26. The molecule has 3 N–H and O–H groups in total. The zero-order valence-corrected chi connectivity index (χ0v) is 20.9. The van der Waals surface area contributed by atoms with Crippen molar-refractivity contribution in [3.8, 4) is 11.5 Å². The van der Waals surface area contributed by atoms with Crippen LogP contribution >= 0.6 is 0 Å². The molecule has 0 aromatic heterocycles. The molecule has 0 saturated heterocycles. The van der Waals surface area contributed by atoms with E-state index in [1.807, 2.05) is 0 Å². The second kappa shape index (κ2) is 12.4. The van der Waals surface area contributed by atoms with E-state index in [9.17, 15) is 17.6 Å². The number of primary amides is 1. The van der Waals surface area contributed by atoms with Gasteiger partial charge in [-0.05, 0) is 66.8 Å². The predicted molar refractivity (Wildman–Crippen MR) is 134 cm³/mol. The minimum atomic E-state index is -3.81. The molecular weight excluding hydrogens is 487 g/mol. The van der Waals surface area contributed by atoms with Crippen LogP contribution in [-0.4, -0.2) is 34.6 Å². The molecule has 3 aromatic rings. The van der Waals surface area contributed by atoms with Crippen molar-refractivity contribution in [2.45, 2.75) is 36.9 Å². The van der Waals surface area contributed by atoms with Gasteiger partial charge in [-0.25, -0.2) is 12.8 Å². The molecule has 192 valence electrons. The van der Waals surface area contributed by atoms with Gasteiger partial charge in [-0.2, -0.15) is 0 Å². The quantitative estimate of drug-likeness (QED) is 0.354. The zero-order valence-electron chi connectivity index (χ0n) is 20.1. The lowest BCUT2D eigenvalue weighted by Gasteiger charge is -2.15. The number of hydrogen-bond donors (Lipinski definition) is 2. The van der Waals surface area contributed by atoms with E-state index in [0.717, 1.165) is 11.1 Å². The van der Waals surface area contributed by atoms with Gasteiger partial charge >= 0.3 is 0 Å². The van der Waals surface area contributed by atoms with E-state index < -0.39 is 22.0 Å². The van der Waals surface area contributed by atoms with Gasteiger partial charge in [0.2, 0.25) is 5.91 Å². The summed E-state index contributed by atoms with van der Waals surface area (Å²) in [6.45, 7) is 0.146. The van der Waals surface area contributed by atoms with Crippen LogP contribution in [0.5, 0.6) is 11.5 Å². The van der Waals surface area contributed by atoms with Crippen molar-refractivity contribution in [3.05, 3.63) is 83.7 Å². The van der Waals surface area contributed by atoms with Gasteiger partial charge in [-0.3, -0.25) is 9.52 Å². The van der Waals surface area contributed by atoms with Crippen molar-refractivity contribution in [1.82, 2.24) is 0 Å². The molecule has 0 aliphatic heterocycles. The number of carbonyl (C=O) groups excluding carboxylic acids is 1. The van der Waals surface area contributed by atoms with Crippen molar-refractivity contribution < 1.29 is 31.8 Å². The molecule has 8 nitrogen and oxygen atoms in total. The highest BCUT2D eigenvalue weighted by molar-refractivity contribution is 7.92. The number of ether oxygens (including phenoxy) is 3. The third-order valence-corrected chi connectivity index (χ3v) is 6.88. The number of nitrogens with one attached hydrogen (secondary N) is 1. The summed E-state index contributed by atoms with van der Waals surface area (Å²) in [4.78, 5) is 11.9. The van der Waals surface area contributed by atoms with Crippen LogP contribution in [0.2, 0.25) is 0 Å². The standard InChI is InChI=1S/C26H29FN2O6S/c1-33-23-15-12-21(16-25(23)34-2)29-36(31,32)22-13-8-18(9-14-22)4-3-5-24(26(28)30)35-17-19-6-10-20(27)11-7-19/h6-16,24,29H,3-5,17H2,1-2H3,(H2,28,30). The third kappa shape index (κ3) is 7.43. The van der Waals surface area contributed by atoms with Gasteiger partial charge in [0, 0.05) is 6.07 Å². The number of carbonyl (C=O) groups is 1. The smallest absolute Gasteiger partial charge is 0.261 e. The first-order valence-corrected chi connectivity index (χ1v) is 12.7. The highest BCUT2D eigenvalue weighted by Gasteiger charge is 2.17. The van der Waals surface area contributed by atoms with E-state index in [0.29, 0.717) is 36.4 Å². The van der Waals surface area contributed by atoms with Crippen molar-refractivity contribution in [3.63, 3.8) is 0 Å². The topological polar surface area (TPSA) is 117 Å². The first-order chi connectivity index (χ1) is 17.2. The molecular formula is C26H29FN2O6S. The predicted octanol–water partition coefficient (Wildman–Crippen LogP) is 4.04. The van der Waals surface area contributed by atoms with Crippen molar-refractivity contribution in [2.75, 3.05) is 18.9 Å². The second-order valence-corrected chi connectivity index (χ2v) is 9.72. The molecule has 0 saturated carbocycles. The van der Waals surface area contributed by atoms with Crippen LogP contribution in [0.4, 0.5) is 10.1 Å². The molecule has 10 heteroatoms. The van der Waals surface area contributed by atoms with E-state index in [1.165, 1.54) is 44.6 Å². The number of anilines is 1. The van der Waals surface area contributed by atoms with Crippen LogP contribution in [0.1, 0.15) is 24.0 Å². The third-order valence-electron chi connectivity index (χ3n) is 5.48. The van der Waals surface area contributed by atoms with E-state index in [1.54, 1.807) is 36.4 Å². The molecule has 0 heterocycles. The average Bonchev–Trinajstić information content (AvgIpc) is 2.86. The maximum atomic E-state index is 13.0. The SMILES string of the molecule is COc1ccc(NS(=O)(=O)c2ccc(CCCC(OCc3ccc(F)cc3)C(N)=O)cc2)cc1OC. The normalized spacial score (nSPS) is 12.1. The Bertz CT molecular complexity index is 1260. The fourth-order valence-electron chi connectivity index (χ4n) is 3.53. The Morgan fingerprint density at radius 1 is 0.944 bits per heavy atom. The summed E-state index contributed by atoms with van der Waals surface area (Å²) < 4.78 is 57.1. The van der Waals surface area contributed by atoms with Crippen LogP contribution in [0.3, 0.4) is 0 Å². The lowest BCUT2D eigenvalue weighted by atomic mass is 10.1. The van der Waals surface area contributed by atoms with Crippen molar-refractivity contribution in [1.29, 1.82) is 0 Å². The number of methoxy groups -OCH3 is 2. The summed E-state index contributed by atoms with van der Waals surface area (Å²) in [6, 6.07) is 17.1. The van der Waals surface area contributed by atoms with Crippen LogP contribution in [0.25, 0.3) is 0 Å². The highest BCUT2D eigenvalue weighted by Crippen LogP contribution is 2.30. The number of benzene rings is 3. The molecule has 1 unspecified atom stereocenters. The number of amides is 1. The molecule has 0 aliphatic rings. The molecule has 1 amide bonds. The van der Waals surface area contributed by atoms with Gasteiger partial charge in [-0.1, -0.05) is 24.3 Å². The number of nitrogens with two attached hydrogens (primary N) is 1. The van der Waals surface area contributed by atoms with Gasteiger partial charge in [0.1, 0.15) is 11.9 Å². The number of sulfonamides is 1. The first kappa shape index (κ1) is 27.0. The van der Waals surface area contributed by atoms with Crippen LogP contribution in [0, 0.1) is 5.82 Å². The molecule has 1 atom stereocenters. The molecule has 0 radical (unpaired) electrons. The fourth-order valence-corrected chi connectivity index (χ4v) is 4.58. The minimum Gasteiger partial charge on any atom is -0.493 e. The van der Waals surface area contributed by atoms with E-state index in [2.05, 4.69) is 4.72 Å². The Hall–Kier alpha value is -3.63. The van der Waals surface area contributed by atoms with E-state index in [-0.39, 0.29) is 17.3 Å². The summed E-state index contributed by atoms with van der Waals surface area (Å²) in [7, 11) is -0.839. The number of hydrogen-bond acceptors (Lipinski definition) is 6. The Labute approximate surface area is 210 Å². The summed E-state index contributed by atoms with van der Waals surface area (Å²) in [5.74, 6) is -0.0197. The number of rotatable bonds is 13. The molecule has 36 heavy (non-hydrogen) atoms. The maximum absolute atomic E-state index is 13.0. The zero-order chi connectivity index (χ0) is 26.1. The molecule has 0 bridgehead atoms.